The van der Waals surface area contributed by atoms with Gasteiger partial charge in [0.2, 0.25) is 0 Å². The minimum Gasteiger partial charge on any atom is -0.478 e. The van der Waals surface area contributed by atoms with Crippen molar-refractivity contribution in [3.8, 4) is 0 Å². The second-order valence-corrected chi connectivity index (χ2v) is 4.96. The van der Waals surface area contributed by atoms with Gasteiger partial charge in [-0.3, -0.25) is 0 Å². The monoisotopic (exact) mass is 298 g/mol. The highest BCUT2D eigenvalue weighted by Crippen LogP contribution is 2.27. The molecule has 0 heterocycles. The highest BCUT2D eigenvalue weighted by Gasteiger charge is 2.14. The fourth-order valence-corrected chi connectivity index (χ4v) is 2.50. The quantitative estimate of drug-likeness (QED) is 0.864. The number of carboxylic acid groups (broad SMARTS) is 1. The van der Waals surface area contributed by atoms with E-state index in [1.165, 1.54) is 18.2 Å². The summed E-state index contributed by atoms with van der Waals surface area (Å²) in [6, 6.07) is 7.11. The zero-order chi connectivity index (χ0) is 14.7. The summed E-state index contributed by atoms with van der Waals surface area (Å²) < 4.78 is 40.0. The van der Waals surface area contributed by atoms with Crippen molar-refractivity contribution >= 4 is 17.7 Å². The number of carbonyl (C=O) groups is 1. The molecule has 0 unspecified atom stereocenters. The normalized spacial score (nSPS) is 10.6. The molecule has 0 fully saturated rings. The summed E-state index contributed by atoms with van der Waals surface area (Å²) in [5.41, 5.74) is -0.277. The molecule has 2 rings (SSSR count). The van der Waals surface area contributed by atoms with Crippen LogP contribution in [0.3, 0.4) is 0 Å². The number of rotatable bonds is 4. The van der Waals surface area contributed by atoms with Gasteiger partial charge in [0, 0.05) is 16.7 Å². The van der Waals surface area contributed by atoms with Crippen molar-refractivity contribution in [3.63, 3.8) is 0 Å². The summed E-state index contributed by atoms with van der Waals surface area (Å²) >= 11 is 0.969. The second kappa shape index (κ2) is 6.00. The van der Waals surface area contributed by atoms with Gasteiger partial charge in [-0.15, -0.1) is 11.8 Å². The first-order valence-electron chi connectivity index (χ1n) is 5.57. The van der Waals surface area contributed by atoms with Crippen LogP contribution in [0.4, 0.5) is 13.2 Å². The fourth-order valence-electron chi connectivity index (χ4n) is 1.60. The first-order chi connectivity index (χ1) is 9.49. The van der Waals surface area contributed by atoms with Gasteiger partial charge in [-0.25, -0.2) is 18.0 Å². The van der Waals surface area contributed by atoms with Crippen molar-refractivity contribution in [1.29, 1.82) is 0 Å². The van der Waals surface area contributed by atoms with Crippen molar-refractivity contribution in [2.45, 2.75) is 10.6 Å². The van der Waals surface area contributed by atoms with E-state index < -0.39 is 29.0 Å². The summed E-state index contributed by atoms with van der Waals surface area (Å²) in [6.45, 7) is 0. The van der Waals surface area contributed by atoms with Crippen molar-refractivity contribution in [3.05, 3.63) is 65.0 Å². The maximum absolute atomic E-state index is 13.8. The van der Waals surface area contributed by atoms with E-state index in [4.69, 9.17) is 5.11 Å². The van der Waals surface area contributed by atoms with Gasteiger partial charge in [0.1, 0.15) is 17.5 Å². The molecule has 2 nitrogen and oxygen atoms in total. The van der Waals surface area contributed by atoms with Gasteiger partial charge < -0.3 is 5.11 Å². The third kappa shape index (κ3) is 3.14. The largest absolute Gasteiger partial charge is 0.478 e. The Morgan fingerprint density at radius 2 is 1.90 bits per heavy atom. The van der Waals surface area contributed by atoms with E-state index in [0.29, 0.717) is 0 Å². The molecule has 0 saturated carbocycles. The number of benzene rings is 2. The molecule has 2 aromatic rings. The van der Waals surface area contributed by atoms with Crippen LogP contribution in [0.1, 0.15) is 15.9 Å². The molecule has 0 aliphatic carbocycles. The van der Waals surface area contributed by atoms with E-state index >= 15 is 0 Å². The van der Waals surface area contributed by atoms with E-state index in [0.717, 1.165) is 30.0 Å². The predicted octanol–water partition coefficient (Wildman–Crippen LogP) is 4.09. The Morgan fingerprint density at radius 1 is 1.15 bits per heavy atom. The molecule has 0 aliphatic rings. The smallest absolute Gasteiger partial charge is 0.338 e. The molecule has 0 spiro atoms. The zero-order valence-corrected chi connectivity index (χ0v) is 10.9. The Morgan fingerprint density at radius 3 is 2.55 bits per heavy atom. The molecular formula is C14H9F3O2S. The lowest BCUT2D eigenvalue weighted by Crippen LogP contribution is -2.03. The summed E-state index contributed by atoms with van der Waals surface area (Å²) in [5, 5.41) is 8.80. The average Bonchev–Trinajstić information content (AvgIpc) is 2.39. The van der Waals surface area contributed by atoms with E-state index in [1.54, 1.807) is 0 Å². The van der Waals surface area contributed by atoms with E-state index in [1.807, 2.05) is 0 Å². The Balaban J connectivity index is 2.19. The number of hydrogen-bond donors (Lipinski definition) is 1. The molecule has 0 aromatic heterocycles. The Hall–Kier alpha value is -1.95. The predicted molar refractivity (Wildman–Crippen MR) is 69.3 cm³/mol. The van der Waals surface area contributed by atoms with Gasteiger partial charge in [-0.1, -0.05) is 12.1 Å². The van der Waals surface area contributed by atoms with Crippen LogP contribution in [0.25, 0.3) is 0 Å². The van der Waals surface area contributed by atoms with Gasteiger partial charge in [0.25, 0.3) is 0 Å². The zero-order valence-electron chi connectivity index (χ0n) is 10.1. The highest BCUT2D eigenvalue weighted by atomic mass is 32.2. The molecule has 0 aliphatic heterocycles. The van der Waals surface area contributed by atoms with Gasteiger partial charge >= 0.3 is 5.97 Å². The van der Waals surface area contributed by atoms with Crippen LogP contribution in [-0.4, -0.2) is 11.1 Å². The van der Waals surface area contributed by atoms with Gasteiger partial charge in [0.05, 0.1) is 5.56 Å². The van der Waals surface area contributed by atoms with Crippen molar-refractivity contribution in [1.82, 2.24) is 0 Å². The summed E-state index contributed by atoms with van der Waals surface area (Å²) in [6.07, 6.45) is 0. The van der Waals surface area contributed by atoms with Crippen LogP contribution in [0.2, 0.25) is 0 Å². The summed E-state index contributed by atoms with van der Waals surface area (Å²) in [7, 11) is 0. The fraction of sp³-hybridized carbons (Fsp3) is 0.0714. The Bertz CT molecular complexity index is 659. The van der Waals surface area contributed by atoms with E-state index in [-0.39, 0.29) is 16.2 Å². The molecule has 0 radical (unpaired) electrons. The second-order valence-electron chi connectivity index (χ2n) is 3.95. The number of hydrogen-bond acceptors (Lipinski definition) is 2. The molecule has 104 valence electrons. The third-order valence-electron chi connectivity index (χ3n) is 2.59. The summed E-state index contributed by atoms with van der Waals surface area (Å²) in [5.74, 6) is -3.57. The number of halogens is 3. The number of aromatic carboxylic acids is 1. The lowest BCUT2D eigenvalue weighted by molar-refractivity contribution is 0.0691. The lowest BCUT2D eigenvalue weighted by Gasteiger charge is -2.06. The van der Waals surface area contributed by atoms with E-state index in [2.05, 4.69) is 0 Å². The topological polar surface area (TPSA) is 37.3 Å². The summed E-state index contributed by atoms with van der Waals surface area (Å²) in [4.78, 5) is 11.0. The molecule has 2 aromatic carbocycles. The molecule has 1 N–H and O–H groups in total. The first-order valence-corrected chi connectivity index (χ1v) is 6.56. The molecule has 20 heavy (non-hydrogen) atoms. The third-order valence-corrected chi connectivity index (χ3v) is 3.68. The molecule has 0 amide bonds. The SMILES string of the molecule is O=C(O)c1cccc(CSc2ccc(F)cc2F)c1F. The molecule has 0 atom stereocenters. The van der Waals surface area contributed by atoms with Crippen molar-refractivity contribution in [2.75, 3.05) is 0 Å². The van der Waals surface area contributed by atoms with Crippen molar-refractivity contribution in [2.24, 2.45) is 0 Å². The Labute approximate surface area is 117 Å². The van der Waals surface area contributed by atoms with Crippen LogP contribution in [0, 0.1) is 17.5 Å². The standard InChI is InChI=1S/C14H9F3O2S/c15-9-4-5-12(11(16)6-9)20-7-8-2-1-3-10(13(8)17)14(18)19/h1-6H,7H2,(H,18,19). The lowest BCUT2D eigenvalue weighted by atomic mass is 10.1. The van der Waals surface area contributed by atoms with Crippen LogP contribution < -0.4 is 0 Å². The molecule has 0 saturated heterocycles. The Kier molecular flexibility index (Phi) is 4.34. The molecular weight excluding hydrogens is 289 g/mol. The maximum atomic E-state index is 13.8. The molecule has 6 heteroatoms. The van der Waals surface area contributed by atoms with Gasteiger partial charge in [-0.2, -0.15) is 0 Å². The highest BCUT2D eigenvalue weighted by molar-refractivity contribution is 7.98. The van der Waals surface area contributed by atoms with Crippen LogP contribution in [-0.2, 0) is 5.75 Å². The minimum absolute atomic E-state index is 0.0511. The van der Waals surface area contributed by atoms with E-state index in [9.17, 15) is 18.0 Å². The van der Waals surface area contributed by atoms with Crippen LogP contribution >= 0.6 is 11.8 Å². The minimum atomic E-state index is -1.36. The van der Waals surface area contributed by atoms with Gasteiger partial charge in [0.15, 0.2) is 0 Å². The first kappa shape index (κ1) is 14.5. The average molecular weight is 298 g/mol. The van der Waals surface area contributed by atoms with Crippen LogP contribution in [0.5, 0.6) is 0 Å². The maximum Gasteiger partial charge on any atom is 0.338 e. The van der Waals surface area contributed by atoms with Crippen molar-refractivity contribution < 1.29 is 23.1 Å². The number of carboxylic acids is 1. The van der Waals surface area contributed by atoms with Crippen LogP contribution in [0.15, 0.2) is 41.3 Å². The molecule has 0 bridgehead atoms. The number of thioether (sulfide) groups is 1. The van der Waals surface area contributed by atoms with Gasteiger partial charge in [-0.05, 0) is 23.8 Å².